The molecule has 1 unspecified atom stereocenters. The van der Waals surface area contributed by atoms with Gasteiger partial charge in [0.05, 0.1) is 11.9 Å². The van der Waals surface area contributed by atoms with Crippen LogP contribution in [0.3, 0.4) is 0 Å². The van der Waals surface area contributed by atoms with Crippen molar-refractivity contribution in [2.75, 3.05) is 11.9 Å². The molecule has 1 aromatic heterocycles. The van der Waals surface area contributed by atoms with Crippen molar-refractivity contribution in [3.63, 3.8) is 0 Å². The van der Waals surface area contributed by atoms with Crippen molar-refractivity contribution in [2.24, 2.45) is 10.7 Å². The monoisotopic (exact) mass is 303 g/mol. The summed E-state index contributed by atoms with van der Waals surface area (Å²) < 4.78 is 44.9. The van der Waals surface area contributed by atoms with Gasteiger partial charge in [-0.05, 0) is 18.2 Å². The summed E-state index contributed by atoms with van der Waals surface area (Å²) in [6, 6.07) is 4.71. The van der Waals surface area contributed by atoms with Crippen LogP contribution in [0.4, 0.5) is 18.9 Å². The van der Waals surface area contributed by atoms with Crippen LogP contribution in [0.15, 0.2) is 27.6 Å². The van der Waals surface area contributed by atoms with E-state index in [1.807, 2.05) is 0 Å². The van der Waals surface area contributed by atoms with E-state index in [-0.39, 0.29) is 11.4 Å². The van der Waals surface area contributed by atoms with E-state index < -0.39 is 18.4 Å². The molecule has 0 spiro atoms. The van der Waals surface area contributed by atoms with Crippen molar-refractivity contribution in [2.45, 2.75) is 11.8 Å². The molecule has 8 heteroatoms. The Morgan fingerprint density at radius 1 is 1.40 bits per heavy atom. The number of nitrogens with two attached hydrogens (primary N) is 1. The normalized spacial score (nSPS) is 21.9. The van der Waals surface area contributed by atoms with Crippen molar-refractivity contribution >= 4 is 34.5 Å². The molecule has 0 fully saturated rings. The molecule has 0 saturated heterocycles. The molecule has 0 amide bonds. The number of nitrogens with one attached hydrogen (secondary N) is 1. The van der Waals surface area contributed by atoms with Crippen molar-refractivity contribution in [3.05, 3.63) is 29.0 Å². The van der Waals surface area contributed by atoms with Gasteiger partial charge in [0.25, 0.3) is 0 Å². The van der Waals surface area contributed by atoms with Crippen LogP contribution in [-0.4, -0.2) is 24.6 Å². The van der Waals surface area contributed by atoms with Gasteiger partial charge in [-0.2, -0.15) is 13.2 Å². The molecule has 3 N–H and O–H groups in total. The molecular formula is C12H9ClF3N3O. The van der Waals surface area contributed by atoms with Gasteiger partial charge in [0, 0.05) is 17.0 Å². The summed E-state index contributed by atoms with van der Waals surface area (Å²) in [4.78, 5) is 3.50. The Balaban J connectivity index is 2.19. The Morgan fingerprint density at radius 3 is 2.80 bits per heavy atom. The fourth-order valence-electron chi connectivity index (χ4n) is 2.08. The molecular weight excluding hydrogens is 295 g/mol. The molecule has 106 valence electrons. The predicted octanol–water partition coefficient (Wildman–Crippen LogP) is 3.15. The minimum Gasteiger partial charge on any atom is -0.453 e. The van der Waals surface area contributed by atoms with Crippen molar-refractivity contribution in [3.8, 4) is 0 Å². The number of benzene rings is 1. The van der Waals surface area contributed by atoms with Crippen LogP contribution in [0, 0.1) is 0 Å². The molecule has 20 heavy (non-hydrogen) atoms. The lowest BCUT2D eigenvalue weighted by Gasteiger charge is -2.34. The lowest BCUT2D eigenvalue weighted by molar-refractivity contribution is -0.173. The van der Waals surface area contributed by atoms with E-state index in [1.54, 1.807) is 12.1 Å². The van der Waals surface area contributed by atoms with E-state index in [0.29, 0.717) is 16.0 Å². The van der Waals surface area contributed by atoms with Gasteiger partial charge in [0.1, 0.15) is 5.58 Å². The standard InChI is InChI=1S/C12H9ClF3N3O/c13-6-1-2-8-7(3-6)10-9(20-8)4-18-11(5-17,19-10)12(14,15)16/h1-4,19H,5,17H2. The maximum absolute atomic E-state index is 13.2. The molecule has 1 aliphatic heterocycles. The van der Waals surface area contributed by atoms with E-state index in [0.717, 1.165) is 6.21 Å². The first-order valence-electron chi connectivity index (χ1n) is 5.68. The summed E-state index contributed by atoms with van der Waals surface area (Å²) in [6.07, 6.45) is -3.59. The molecule has 3 rings (SSSR count). The fraction of sp³-hybridized carbons (Fsp3) is 0.250. The number of halogens is 4. The molecule has 4 nitrogen and oxygen atoms in total. The Kier molecular flexibility index (Phi) is 2.74. The highest BCUT2D eigenvalue weighted by Crippen LogP contribution is 2.41. The zero-order chi connectivity index (χ0) is 14.5. The quantitative estimate of drug-likeness (QED) is 0.850. The molecule has 0 radical (unpaired) electrons. The van der Waals surface area contributed by atoms with E-state index in [1.165, 1.54) is 6.07 Å². The summed E-state index contributed by atoms with van der Waals surface area (Å²) in [5.41, 5.74) is 3.35. The van der Waals surface area contributed by atoms with Gasteiger partial charge in [-0.15, -0.1) is 0 Å². The Morgan fingerprint density at radius 2 is 2.15 bits per heavy atom. The van der Waals surface area contributed by atoms with Crippen molar-refractivity contribution < 1.29 is 17.6 Å². The van der Waals surface area contributed by atoms with E-state index in [4.69, 9.17) is 21.8 Å². The number of aliphatic imine (C=N–C) groups is 1. The summed E-state index contributed by atoms with van der Waals surface area (Å²) in [7, 11) is 0. The highest BCUT2D eigenvalue weighted by molar-refractivity contribution is 6.31. The van der Waals surface area contributed by atoms with E-state index in [9.17, 15) is 13.2 Å². The topological polar surface area (TPSA) is 63.5 Å². The highest BCUT2D eigenvalue weighted by atomic mass is 35.5. The molecule has 0 bridgehead atoms. The number of alkyl halides is 3. The van der Waals surface area contributed by atoms with Gasteiger partial charge < -0.3 is 15.5 Å². The lowest BCUT2D eigenvalue weighted by Crippen LogP contribution is -2.56. The van der Waals surface area contributed by atoms with Crippen LogP contribution in [0.25, 0.3) is 11.0 Å². The number of hydrogen-bond acceptors (Lipinski definition) is 4. The Bertz CT molecular complexity index is 710. The van der Waals surface area contributed by atoms with Gasteiger partial charge >= 0.3 is 6.18 Å². The fourth-order valence-corrected chi connectivity index (χ4v) is 2.25. The SMILES string of the molecule is NCC1(C(F)(F)F)N=Cc2oc3ccc(Cl)cc3c2N1. The van der Waals surface area contributed by atoms with Crippen LogP contribution >= 0.6 is 11.6 Å². The first-order chi connectivity index (χ1) is 9.36. The van der Waals surface area contributed by atoms with Gasteiger partial charge in [0.2, 0.25) is 5.66 Å². The lowest BCUT2D eigenvalue weighted by atomic mass is 10.1. The summed E-state index contributed by atoms with van der Waals surface area (Å²) >= 11 is 5.86. The molecule has 1 aliphatic rings. The first-order valence-corrected chi connectivity index (χ1v) is 6.06. The van der Waals surface area contributed by atoms with Gasteiger partial charge in [-0.1, -0.05) is 11.6 Å². The zero-order valence-electron chi connectivity index (χ0n) is 9.96. The smallest absolute Gasteiger partial charge is 0.433 e. The van der Waals surface area contributed by atoms with Crippen LogP contribution in [-0.2, 0) is 0 Å². The number of fused-ring (bicyclic) bond motifs is 3. The summed E-state index contributed by atoms with van der Waals surface area (Å²) in [5.74, 6) is 0.218. The van der Waals surface area contributed by atoms with Crippen molar-refractivity contribution in [1.29, 1.82) is 0 Å². The molecule has 2 aromatic rings. The molecule has 1 aromatic carbocycles. The van der Waals surface area contributed by atoms with Crippen LogP contribution in [0.2, 0.25) is 5.02 Å². The molecule has 2 heterocycles. The third-order valence-electron chi connectivity index (χ3n) is 3.18. The Labute approximate surface area is 116 Å². The number of furan rings is 1. The van der Waals surface area contributed by atoms with Crippen LogP contribution in [0.1, 0.15) is 5.76 Å². The third kappa shape index (κ3) is 1.77. The van der Waals surface area contributed by atoms with Gasteiger partial charge in [0.15, 0.2) is 5.76 Å². The average Bonchev–Trinajstić information content (AvgIpc) is 2.74. The highest BCUT2D eigenvalue weighted by Gasteiger charge is 2.56. The number of hydrogen-bond donors (Lipinski definition) is 2. The second kappa shape index (κ2) is 4.13. The van der Waals surface area contributed by atoms with Gasteiger partial charge in [-0.3, -0.25) is 4.99 Å². The minimum atomic E-state index is -4.63. The maximum atomic E-state index is 13.2. The number of anilines is 1. The second-order valence-corrected chi connectivity index (χ2v) is 4.86. The van der Waals surface area contributed by atoms with Crippen molar-refractivity contribution in [1.82, 2.24) is 0 Å². The summed E-state index contributed by atoms with van der Waals surface area (Å²) in [5, 5.41) is 3.21. The molecule has 1 atom stereocenters. The zero-order valence-corrected chi connectivity index (χ0v) is 10.7. The van der Waals surface area contributed by atoms with Gasteiger partial charge in [-0.25, -0.2) is 0 Å². The number of nitrogens with zero attached hydrogens (tertiary/aromatic N) is 1. The summed E-state index contributed by atoms with van der Waals surface area (Å²) in [6.45, 7) is -0.723. The van der Waals surface area contributed by atoms with E-state index in [2.05, 4.69) is 10.3 Å². The molecule has 0 saturated carbocycles. The second-order valence-electron chi connectivity index (χ2n) is 4.43. The van der Waals surface area contributed by atoms with Crippen LogP contribution in [0.5, 0.6) is 0 Å². The predicted molar refractivity (Wildman–Crippen MR) is 70.3 cm³/mol. The third-order valence-corrected chi connectivity index (χ3v) is 3.41. The van der Waals surface area contributed by atoms with E-state index >= 15 is 0 Å². The minimum absolute atomic E-state index is 0.195. The average molecular weight is 304 g/mol. The maximum Gasteiger partial charge on any atom is 0.433 e. The number of rotatable bonds is 1. The largest absolute Gasteiger partial charge is 0.453 e. The Hall–Kier alpha value is -1.73. The first kappa shape index (κ1) is 13.3. The molecule has 0 aliphatic carbocycles. The van der Waals surface area contributed by atoms with Crippen LogP contribution < -0.4 is 11.1 Å².